The van der Waals surface area contributed by atoms with Crippen LogP contribution in [0.2, 0.25) is 0 Å². The van der Waals surface area contributed by atoms with Crippen LogP contribution in [0.25, 0.3) is 21.3 Å². The SMILES string of the molecule is CCOc1ccccc1NC(=O)CSc1nc2c(-c3ccccc3)csc2c(=O)n1CC. The summed E-state index contributed by atoms with van der Waals surface area (Å²) in [5.74, 6) is 0.570. The van der Waals surface area contributed by atoms with E-state index in [-0.39, 0.29) is 17.2 Å². The van der Waals surface area contributed by atoms with E-state index < -0.39 is 0 Å². The molecule has 32 heavy (non-hydrogen) atoms. The van der Waals surface area contributed by atoms with E-state index in [1.165, 1.54) is 23.1 Å². The number of anilines is 1. The number of benzene rings is 2. The first-order valence-corrected chi connectivity index (χ1v) is 12.2. The molecule has 0 aliphatic rings. The molecule has 0 saturated heterocycles. The van der Waals surface area contributed by atoms with Gasteiger partial charge in [0.2, 0.25) is 5.91 Å². The Morgan fingerprint density at radius 2 is 1.88 bits per heavy atom. The fourth-order valence-electron chi connectivity index (χ4n) is 3.36. The number of carbonyl (C=O) groups is 1. The molecule has 0 aliphatic carbocycles. The lowest BCUT2D eigenvalue weighted by atomic mass is 10.1. The molecule has 0 bridgehead atoms. The number of carbonyl (C=O) groups excluding carboxylic acids is 1. The van der Waals surface area contributed by atoms with Gasteiger partial charge in [0.25, 0.3) is 5.56 Å². The molecule has 2 heterocycles. The van der Waals surface area contributed by atoms with Gasteiger partial charge in [-0.25, -0.2) is 4.98 Å². The number of fused-ring (bicyclic) bond motifs is 1. The maximum Gasteiger partial charge on any atom is 0.272 e. The van der Waals surface area contributed by atoms with Crippen molar-refractivity contribution >= 4 is 44.9 Å². The van der Waals surface area contributed by atoms with Gasteiger partial charge in [0.05, 0.1) is 23.6 Å². The number of thioether (sulfide) groups is 1. The number of nitrogens with zero attached hydrogens (tertiary/aromatic N) is 2. The van der Waals surface area contributed by atoms with Crippen LogP contribution in [-0.4, -0.2) is 27.8 Å². The molecule has 0 fully saturated rings. The summed E-state index contributed by atoms with van der Waals surface area (Å²) in [5, 5.41) is 5.40. The molecule has 4 rings (SSSR count). The zero-order valence-corrected chi connectivity index (χ0v) is 19.5. The quantitative estimate of drug-likeness (QED) is 0.283. The molecule has 0 saturated carbocycles. The molecule has 4 aromatic rings. The topological polar surface area (TPSA) is 73.2 Å². The number of para-hydroxylation sites is 2. The molecule has 1 amide bonds. The van der Waals surface area contributed by atoms with E-state index in [9.17, 15) is 9.59 Å². The van der Waals surface area contributed by atoms with Crippen LogP contribution >= 0.6 is 23.1 Å². The van der Waals surface area contributed by atoms with Crippen molar-refractivity contribution in [2.75, 3.05) is 17.7 Å². The molecule has 0 unspecified atom stereocenters. The number of amides is 1. The molecule has 8 heteroatoms. The predicted molar refractivity (Wildman–Crippen MR) is 132 cm³/mol. The van der Waals surface area contributed by atoms with E-state index >= 15 is 0 Å². The van der Waals surface area contributed by atoms with Crippen molar-refractivity contribution in [2.45, 2.75) is 25.5 Å². The Labute approximate surface area is 194 Å². The second-order valence-corrected chi connectivity index (χ2v) is 8.73. The van der Waals surface area contributed by atoms with E-state index in [0.29, 0.717) is 40.0 Å². The lowest BCUT2D eigenvalue weighted by molar-refractivity contribution is -0.113. The smallest absolute Gasteiger partial charge is 0.272 e. The summed E-state index contributed by atoms with van der Waals surface area (Å²) in [4.78, 5) is 30.5. The molecule has 6 nitrogen and oxygen atoms in total. The van der Waals surface area contributed by atoms with Gasteiger partial charge < -0.3 is 10.1 Å². The number of ether oxygens (including phenoxy) is 1. The fraction of sp³-hybridized carbons (Fsp3) is 0.208. The highest BCUT2D eigenvalue weighted by Gasteiger charge is 2.17. The highest BCUT2D eigenvalue weighted by Crippen LogP contribution is 2.32. The van der Waals surface area contributed by atoms with Gasteiger partial charge in [-0.3, -0.25) is 14.2 Å². The number of aromatic nitrogens is 2. The van der Waals surface area contributed by atoms with Gasteiger partial charge in [-0.1, -0.05) is 54.2 Å². The van der Waals surface area contributed by atoms with Gasteiger partial charge in [-0.2, -0.15) is 0 Å². The monoisotopic (exact) mass is 465 g/mol. The molecule has 2 aromatic carbocycles. The Kier molecular flexibility index (Phi) is 6.92. The van der Waals surface area contributed by atoms with Crippen molar-refractivity contribution in [2.24, 2.45) is 0 Å². The summed E-state index contributed by atoms with van der Waals surface area (Å²) < 4.78 is 7.82. The first kappa shape index (κ1) is 22.1. The van der Waals surface area contributed by atoms with Crippen molar-refractivity contribution < 1.29 is 9.53 Å². The summed E-state index contributed by atoms with van der Waals surface area (Å²) in [6.45, 7) is 4.80. The molecule has 0 aliphatic heterocycles. The molecule has 0 radical (unpaired) electrons. The van der Waals surface area contributed by atoms with Crippen LogP contribution in [-0.2, 0) is 11.3 Å². The van der Waals surface area contributed by atoms with Crippen LogP contribution in [0.15, 0.2) is 69.9 Å². The lowest BCUT2D eigenvalue weighted by Crippen LogP contribution is -2.23. The molecular formula is C24H23N3O3S2. The van der Waals surface area contributed by atoms with Gasteiger partial charge in [0, 0.05) is 17.5 Å². The maximum absolute atomic E-state index is 13.1. The van der Waals surface area contributed by atoms with Crippen molar-refractivity contribution in [1.29, 1.82) is 0 Å². The Balaban J connectivity index is 1.60. The zero-order valence-electron chi connectivity index (χ0n) is 17.8. The number of thiophene rings is 1. The first-order chi connectivity index (χ1) is 15.6. The van der Waals surface area contributed by atoms with Crippen LogP contribution in [0.3, 0.4) is 0 Å². The Hall–Kier alpha value is -3.10. The van der Waals surface area contributed by atoms with Gasteiger partial charge in [-0.05, 0) is 31.5 Å². The molecule has 2 aromatic heterocycles. The summed E-state index contributed by atoms with van der Waals surface area (Å²) in [6, 6.07) is 17.2. The van der Waals surface area contributed by atoms with Crippen molar-refractivity contribution in [3.8, 4) is 16.9 Å². The second-order valence-electron chi connectivity index (χ2n) is 6.90. The molecule has 0 spiro atoms. The summed E-state index contributed by atoms with van der Waals surface area (Å²) in [5.41, 5.74) is 3.18. The summed E-state index contributed by atoms with van der Waals surface area (Å²) >= 11 is 2.67. The third-order valence-electron chi connectivity index (χ3n) is 4.84. The highest BCUT2D eigenvalue weighted by atomic mass is 32.2. The first-order valence-electron chi connectivity index (χ1n) is 10.3. The Morgan fingerprint density at radius 1 is 1.12 bits per heavy atom. The van der Waals surface area contributed by atoms with Crippen molar-refractivity contribution in [3.63, 3.8) is 0 Å². The van der Waals surface area contributed by atoms with Gasteiger partial charge in [0.1, 0.15) is 10.4 Å². The molecule has 0 atom stereocenters. The van der Waals surface area contributed by atoms with Gasteiger partial charge >= 0.3 is 0 Å². The predicted octanol–water partition coefficient (Wildman–Crippen LogP) is 5.27. The number of nitrogens with one attached hydrogen (secondary N) is 1. The third kappa shape index (κ3) is 4.56. The normalized spacial score (nSPS) is 10.9. The minimum absolute atomic E-state index is 0.0747. The van der Waals surface area contributed by atoms with E-state index in [1.54, 1.807) is 10.6 Å². The van der Waals surface area contributed by atoms with E-state index in [2.05, 4.69) is 5.32 Å². The lowest BCUT2D eigenvalue weighted by Gasteiger charge is -2.12. The van der Waals surface area contributed by atoms with Crippen LogP contribution in [0.4, 0.5) is 5.69 Å². The van der Waals surface area contributed by atoms with Gasteiger partial charge in [-0.15, -0.1) is 11.3 Å². The minimum atomic E-state index is -0.187. The van der Waals surface area contributed by atoms with Crippen LogP contribution in [0.1, 0.15) is 13.8 Å². The second kappa shape index (κ2) is 10.0. The standard InChI is InChI=1S/C24H23N3O3S2/c1-3-27-23(29)22-21(17(14-31-22)16-10-6-5-7-11-16)26-24(27)32-15-20(28)25-18-12-8-9-13-19(18)30-4-2/h5-14H,3-4,15H2,1-2H3,(H,25,28). The third-order valence-corrected chi connectivity index (χ3v) is 6.77. The fourth-order valence-corrected chi connectivity index (χ4v) is 5.18. The number of hydrogen-bond donors (Lipinski definition) is 1. The minimum Gasteiger partial charge on any atom is -0.492 e. The van der Waals surface area contributed by atoms with Crippen LogP contribution in [0.5, 0.6) is 5.75 Å². The van der Waals surface area contributed by atoms with Crippen molar-refractivity contribution in [1.82, 2.24) is 9.55 Å². The number of hydrogen-bond acceptors (Lipinski definition) is 6. The Bertz CT molecular complexity index is 1300. The van der Waals surface area contributed by atoms with E-state index in [4.69, 9.17) is 9.72 Å². The molecule has 164 valence electrons. The van der Waals surface area contributed by atoms with E-state index in [1.807, 2.05) is 67.8 Å². The van der Waals surface area contributed by atoms with Gasteiger partial charge in [0.15, 0.2) is 5.16 Å². The van der Waals surface area contributed by atoms with Crippen LogP contribution in [0, 0.1) is 0 Å². The summed E-state index contributed by atoms with van der Waals surface area (Å²) in [7, 11) is 0. The average Bonchev–Trinajstić information content (AvgIpc) is 3.24. The van der Waals surface area contributed by atoms with Crippen molar-refractivity contribution in [3.05, 3.63) is 70.3 Å². The average molecular weight is 466 g/mol. The molecule has 1 N–H and O–H groups in total. The largest absolute Gasteiger partial charge is 0.492 e. The summed E-state index contributed by atoms with van der Waals surface area (Å²) in [6.07, 6.45) is 0. The maximum atomic E-state index is 13.1. The highest BCUT2D eigenvalue weighted by molar-refractivity contribution is 7.99. The molecular weight excluding hydrogens is 442 g/mol. The van der Waals surface area contributed by atoms with E-state index in [0.717, 1.165) is 11.1 Å². The zero-order chi connectivity index (χ0) is 22.5. The number of rotatable bonds is 8. The van der Waals surface area contributed by atoms with Crippen LogP contribution < -0.4 is 15.6 Å². The Morgan fingerprint density at radius 3 is 2.62 bits per heavy atom.